The van der Waals surface area contributed by atoms with E-state index in [1.807, 2.05) is 14.0 Å². The van der Waals surface area contributed by atoms with Crippen LogP contribution in [-0.4, -0.2) is 29.8 Å². The van der Waals surface area contributed by atoms with Crippen LogP contribution in [-0.2, 0) is 0 Å². The summed E-state index contributed by atoms with van der Waals surface area (Å²) in [5.41, 5.74) is 1.39. The van der Waals surface area contributed by atoms with E-state index < -0.39 is 6.10 Å². The van der Waals surface area contributed by atoms with Crippen molar-refractivity contribution in [1.82, 2.24) is 4.98 Å². The fourth-order valence-corrected chi connectivity index (χ4v) is 1.40. The Morgan fingerprint density at radius 1 is 1.60 bits per heavy atom. The molecule has 4 nitrogen and oxygen atoms in total. The first-order chi connectivity index (χ1) is 7.04. The minimum atomic E-state index is -0.441. The first-order valence-corrected chi connectivity index (χ1v) is 4.81. The van der Waals surface area contributed by atoms with Crippen LogP contribution < -0.4 is 4.90 Å². The Morgan fingerprint density at radius 2 is 2.27 bits per heavy atom. The van der Waals surface area contributed by atoms with Crippen molar-refractivity contribution in [3.05, 3.63) is 23.4 Å². The van der Waals surface area contributed by atoms with Gasteiger partial charge in [0, 0.05) is 19.3 Å². The molecule has 0 aliphatic rings. The van der Waals surface area contributed by atoms with E-state index in [9.17, 15) is 5.11 Å². The predicted octanol–water partition coefficient (Wildman–Crippen LogP) is 1.08. The highest BCUT2D eigenvalue weighted by molar-refractivity contribution is 5.53. The van der Waals surface area contributed by atoms with Gasteiger partial charge in [-0.1, -0.05) is 0 Å². The summed E-state index contributed by atoms with van der Waals surface area (Å²) in [6.07, 6.45) is -0.441. The van der Waals surface area contributed by atoms with Crippen molar-refractivity contribution < 1.29 is 5.11 Å². The van der Waals surface area contributed by atoms with Crippen LogP contribution in [0.25, 0.3) is 0 Å². The summed E-state index contributed by atoms with van der Waals surface area (Å²) in [4.78, 5) is 6.08. The highest BCUT2D eigenvalue weighted by Gasteiger charge is 2.10. The van der Waals surface area contributed by atoms with Crippen molar-refractivity contribution in [3.8, 4) is 6.07 Å². The molecule has 0 saturated heterocycles. The first-order valence-electron chi connectivity index (χ1n) is 4.81. The highest BCUT2D eigenvalue weighted by Crippen LogP contribution is 2.16. The molecule has 1 unspecified atom stereocenters. The number of aryl methyl sites for hydroxylation is 1. The molecule has 1 N–H and O–H groups in total. The smallest absolute Gasteiger partial charge is 0.146 e. The van der Waals surface area contributed by atoms with Gasteiger partial charge in [-0.25, -0.2) is 4.98 Å². The lowest BCUT2D eigenvalue weighted by Crippen LogP contribution is -2.28. The van der Waals surface area contributed by atoms with Gasteiger partial charge in [0.15, 0.2) is 0 Å². The highest BCUT2D eigenvalue weighted by atomic mass is 16.3. The van der Waals surface area contributed by atoms with Crippen molar-refractivity contribution in [2.75, 3.05) is 18.5 Å². The number of aliphatic hydroxyl groups is 1. The molecular formula is C11H15N3O. The number of hydrogen-bond donors (Lipinski definition) is 1. The summed E-state index contributed by atoms with van der Waals surface area (Å²) < 4.78 is 0. The number of nitriles is 1. The zero-order valence-electron chi connectivity index (χ0n) is 9.23. The van der Waals surface area contributed by atoms with E-state index in [0.717, 1.165) is 5.69 Å². The maximum atomic E-state index is 9.26. The second-order valence-electron chi connectivity index (χ2n) is 3.67. The molecule has 0 amide bonds. The second-order valence-corrected chi connectivity index (χ2v) is 3.67. The summed E-state index contributed by atoms with van der Waals surface area (Å²) in [5, 5.41) is 18.2. The van der Waals surface area contributed by atoms with Gasteiger partial charge in [-0.3, -0.25) is 0 Å². The molecule has 1 heterocycles. The molecule has 4 heteroatoms. The quantitative estimate of drug-likeness (QED) is 0.802. The Labute approximate surface area is 89.8 Å². The molecule has 0 bridgehead atoms. The fraction of sp³-hybridized carbons (Fsp3) is 0.455. The van der Waals surface area contributed by atoms with Gasteiger partial charge in [-0.2, -0.15) is 5.26 Å². The topological polar surface area (TPSA) is 60.2 Å². The van der Waals surface area contributed by atoms with Crippen LogP contribution in [0.5, 0.6) is 0 Å². The summed E-state index contributed by atoms with van der Waals surface area (Å²) >= 11 is 0. The third kappa shape index (κ3) is 2.93. The van der Waals surface area contributed by atoms with Crippen LogP contribution in [0.3, 0.4) is 0 Å². The number of hydrogen-bond acceptors (Lipinski definition) is 4. The number of anilines is 1. The number of nitrogens with zero attached hydrogens (tertiary/aromatic N) is 3. The molecule has 0 spiro atoms. The Bertz CT molecular complexity index is 382. The third-order valence-corrected chi connectivity index (χ3v) is 2.03. The molecule has 0 fully saturated rings. The molecular weight excluding hydrogens is 190 g/mol. The van der Waals surface area contributed by atoms with E-state index in [2.05, 4.69) is 11.1 Å². The average molecular weight is 205 g/mol. The van der Waals surface area contributed by atoms with Crippen LogP contribution in [0.15, 0.2) is 12.1 Å². The van der Waals surface area contributed by atoms with E-state index in [0.29, 0.717) is 17.9 Å². The lowest BCUT2D eigenvalue weighted by Gasteiger charge is -2.20. The molecule has 1 aromatic rings. The standard InChI is InChI=1S/C11H15N3O/c1-8-4-5-10(6-12)11(13-8)14(3)7-9(2)15/h4-5,9,15H,7H2,1-3H3. The molecule has 80 valence electrons. The van der Waals surface area contributed by atoms with Crippen LogP contribution in [0, 0.1) is 18.3 Å². The van der Waals surface area contributed by atoms with Gasteiger partial charge in [-0.15, -0.1) is 0 Å². The normalized spacial score (nSPS) is 11.9. The Hall–Kier alpha value is -1.60. The maximum Gasteiger partial charge on any atom is 0.146 e. The van der Waals surface area contributed by atoms with E-state index in [4.69, 9.17) is 5.26 Å². The minimum absolute atomic E-state index is 0.441. The largest absolute Gasteiger partial charge is 0.392 e. The number of rotatable bonds is 3. The number of aliphatic hydroxyl groups excluding tert-OH is 1. The van der Waals surface area contributed by atoms with Crippen molar-refractivity contribution in [2.24, 2.45) is 0 Å². The van der Waals surface area contributed by atoms with Crippen molar-refractivity contribution in [1.29, 1.82) is 5.26 Å². The van der Waals surface area contributed by atoms with Gasteiger partial charge in [-0.05, 0) is 26.0 Å². The second kappa shape index (κ2) is 4.76. The lowest BCUT2D eigenvalue weighted by atomic mass is 10.2. The molecule has 0 aliphatic carbocycles. The van der Waals surface area contributed by atoms with Gasteiger partial charge in [0.2, 0.25) is 0 Å². The predicted molar refractivity (Wildman–Crippen MR) is 58.6 cm³/mol. The molecule has 1 rings (SSSR count). The van der Waals surface area contributed by atoms with Crippen molar-refractivity contribution >= 4 is 5.82 Å². The molecule has 0 saturated carbocycles. The Morgan fingerprint density at radius 3 is 2.80 bits per heavy atom. The van der Waals surface area contributed by atoms with Gasteiger partial charge in [0.25, 0.3) is 0 Å². The van der Waals surface area contributed by atoms with Gasteiger partial charge < -0.3 is 10.0 Å². The number of aromatic nitrogens is 1. The van der Waals surface area contributed by atoms with Crippen LogP contribution in [0.2, 0.25) is 0 Å². The van der Waals surface area contributed by atoms with Gasteiger partial charge in [0.05, 0.1) is 11.7 Å². The number of pyridine rings is 1. The molecule has 1 atom stereocenters. The van der Waals surface area contributed by atoms with Crippen molar-refractivity contribution in [2.45, 2.75) is 20.0 Å². The first kappa shape index (κ1) is 11.5. The van der Waals surface area contributed by atoms with Crippen LogP contribution in [0.1, 0.15) is 18.2 Å². The average Bonchev–Trinajstić information content (AvgIpc) is 2.16. The fourth-order valence-electron chi connectivity index (χ4n) is 1.40. The monoisotopic (exact) mass is 205 g/mol. The van der Waals surface area contributed by atoms with E-state index in [1.165, 1.54) is 0 Å². The van der Waals surface area contributed by atoms with Gasteiger partial charge >= 0.3 is 0 Å². The summed E-state index contributed by atoms with van der Waals surface area (Å²) in [7, 11) is 1.81. The van der Waals surface area contributed by atoms with E-state index in [1.54, 1.807) is 24.0 Å². The Kier molecular flexibility index (Phi) is 3.64. The summed E-state index contributed by atoms with van der Waals surface area (Å²) in [6.45, 7) is 4.05. The SMILES string of the molecule is Cc1ccc(C#N)c(N(C)CC(C)O)n1. The van der Waals surface area contributed by atoms with Gasteiger partial charge in [0.1, 0.15) is 11.9 Å². The molecule has 1 aromatic heterocycles. The summed E-state index contributed by atoms with van der Waals surface area (Å²) in [6, 6.07) is 5.64. The maximum absolute atomic E-state index is 9.26. The molecule has 15 heavy (non-hydrogen) atoms. The minimum Gasteiger partial charge on any atom is -0.392 e. The Balaban J connectivity index is 3.01. The lowest BCUT2D eigenvalue weighted by molar-refractivity contribution is 0.201. The summed E-state index contributed by atoms with van der Waals surface area (Å²) in [5.74, 6) is 0.624. The zero-order valence-corrected chi connectivity index (χ0v) is 9.23. The molecule has 0 aliphatic heterocycles. The van der Waals surface area contributed by atoms with E-state index in [-0.39, 0.29) is 0 Å². The van der Waals surface area contributed by atoms with Crippen molar-refractivity contribution in [3.63, 3.8) is 0 Å². The number of likely N-dealkylation sites (N-methyl/N-ethyl adjacent to an activating group) is 1. The zero-order chi connectivity index (χ0) is 11.4. The molecule has 0 aromatic carbocycles. The van der Waals surface area contributed by atoms with Crippen LogP contribution in [0.4, 0.5) is 5.82 Å². The van der Waals surface area contributed by atoms with E-state index >= 15 is 0 Å². The van der Waals surface area contributed by atoms with Crippen LogP contribution >= 0.6 is 0 Å². The molecule has 0 radical (unpaired) electrons. The third-order valence-electron chi connectivity index (χ3n) is 2.03.